The Morgan fingerprint density at radius 2 is 2.29 bits per heavy atom. The number of rotatable bonds is 5. The highest BCUT2D eigenvalue weighted by Gasteiger charge is 2.20. The van der Waals surface area contributed by atoms with Gasteiger partial charge in [0.15, 0.2) is 5.65 Å². The van der Waals surface area contributed by atoms with E-state index >= 15 is 0 Å². The van der Waals surface area contributed by atoms with E-state index in [-0.39, 0.29) is 0 Å². The summed E-state index contributed by atoms with van der Waals surface area (Å²) in [5, 5.41) is 14.1. The summed E-state index contributed by atoms with van der Waals surface area (Å²) in [7, 11) is 1.81. The third-order valence-corrected chi connectivity index (χ3v) is 3.08. The summed E-state index contributed by atoms with van der Waals surface area (Å²) >= 11 is 0. The molecule has 6 nitrogen and oxygen atoms in total. The Morgan fingerprint density at radius 1 is 1.41 bits per heavy atom. The van der Waals surface area contributed by atoms with Gasteiger partial charge in [-0.1, -0.05) is 12.8 Å². The maximum absolute atomic E-state index is 4.42. The van der Waals surface area contributed by atoms with Crippen molar-refractivity contribution >= 4 is 22.8 Å². The summed E-state index contributed by atoms with van der Waals surface area (Å²) in [4.78, 5) is 8.71. The molecule has 2 aromatic heterocycles. The second kappa shape index (κ2) is 4.20. The third-order valence-electron chi connectivity index (χ3n) is 3.08. The molecule has 0 spiro atoms. The Bertz CT molecular complexity index is 516. The fourth-order valence-electron chi connectivity index (χ4n) is 1.88. The zero-order valence-corrected chi connectivity index (χ0v) is 9.82. The lowest BCUT2D eigenvalue weighted by molar-refractivity contribution is 0.759. The van der Waals surface area contributed by atoms with Gasteiger partial charge in [0.1, 0.15) is 5.82 Å². The van der Waals surface area contributed by atoms with E-state index in [1.165, 1.54) is 19.3 Å². The predicted molar refractivity (Wildman–Crippen MR) is 67.1 cm³/mol. The predicted octanol–water partition coefficient (Wildman–Crippen LogP) is 1.61. The minimum atomic E-state index is 0.607. The first-order valence-electron chi connectivity index (χ1n) is 5.99. The normalized spacial score (nSPS) is 15.1. The first kappa shape index (κ1) is 10.3. The number of anilines is 2. The molecule has 0 atom stereocenters. The number of nitrogens with zero attached hydrogens (tertiary/aromatic N) is 3. The van der Waals surface area contributed by atoms with Crippen molar-refractivity contribution in [1.82, 2.24) is 20.2 Å². The fourth-order valence-corrected chi connectivity index (χ4v) is 1.88. The summed E-state index contributed by atoms with van der Waals surface area (Å²) in [5.41, 5.74) is 0.762. The van der Waals surface area contributed by atoms with Gasteiger partial charge in [-0.3, -0.25) is 5.10 Å². The molecular weight excluding hydrogens is 216 g/mol. The van der Waals surface area contributed by atoms with Gasteiger partial charge >= 0.3 is 0 Å². The van der Waals surface area contributed by atoms with E-state index in [2.05, 4.69) is 30.8 Å². The van der Waals surface area contributed by atoms with Crippen molar-refractivity contribution in [2.75, 3.05) is 24.2 Å². The van der Waals surface area contributed by atoms with Crippen LogP contribution in [0.3, 0.4) is 0 Å². The molecule has 17 heavy (non-hydrogen) atoms. The number of nitrogens with one attached hydrogen (secondary N) is 3. The zero-order chi connectivity index (χ0) is 11.7. The van der Waals surface area contributed by atoms with E-state index < -0.39 is 0 Å². The van der Waals surface area contributed by atoms with Gasteiger partial charge in [-0.25, -0.2) is 0 Å². The van der Waals surface area contributed by atoms with Crippen molar-refractivity contribution in [2.24, 2.45) is 5.92 Å². The molecule has 6 heteroatoms. The van der Waals surface area contributed by atoms with Crippen molar-refractivity contribution in [3.8, 4) is 0 Å². The van der Waals surface area contributed by atoms with Crippen LogP contribution < -0.4 is 10.6 Å². The SMILES string of the molecule is CNc1nc(NCCC2CC2)c2cn[nH]c2n1. The lowest BCUT2D eigenvalue weighted by Gasteiger charge is -2.07. The van der Waals surface area contributed by atoms with Crippen LogP contribution in [0, 0.1) is 5.92 Å². The van der Waals surface area contributed by atoms with Gasteiger partial charge in [0.2, 0.25) is 5.95 Å². The van der Waals surface area contributed by atoms with Gasteiger partial charge in [-0.15, -0.1) is 0 Å². The Hall–Kier alpha value is -1.85. The van der Waals surface area contributed by atoms with Gasteiger partial charge in [-0.05, 0) is 12.3 Å². The molecule has 0 amide bonds. The maximum atomic E-state index is 4.42. The Labute approximate surface area is 99.2 Å². The molecule has 0 unspecified atom stereocenters. The highest BCUT2D eigenvalue weighted by atomic mass is 15.2. The molecule has 0 aliphatic heterocycles. The molecule has 3 rings (SSSR count). The van der Waals surface area contributed by atoms with Crippen molar-refractivity contribution < 1.29 is 0 Å². The minimum absolute atomic E-state index is 0.607. The first-order valence-corrected chi connectivity index (χ1v) is 5.99. The lowest BCUT2D eigenvalue weighted by Crippen LogP contribution is -2.07. The van der Waals surface area contributed by atoms with Crippen LogP contribution in [0.1, 0.15) is 19.3 Å². The van der Waals surface area contributed by atoms with Crippen molar-refractivity contribution in [3.63, 3.8) is 0 Å². The summed E-state index contributed by atoms with van der Waals surface area (Å²) < 4.78 is 0. The van der Waals surface area contributed by atoms with Gasteiger partial charge in [0, 0.05) is 13.6 Å². The van der Waals surface area contributed by atoms with Crippen molar-refractivity contribution in [2.45, 2.75) is 19.3 Å². The maximum Gasteiger partial charge on any atom is 0.226 e. The average Bonchev–Trinajstić information content (AvgIpc) is 3.04. The average molecular weight is 232 g/mol. The standard InChI is InChI=1S/C11H16N6/c1-12-11-15-9(13-5-4-7-2-3-7)8-6-14-17-10(8)16-11/h6-7H,2-5H2,1H3,(H3,12,13,14,15,16,17). The first-order chi connectivity index (χ1) is 8.36. The van der Waals surface area contributed by atoms with E-state index in [1.807, 2.05) is 7.05 Å². The number of hydrogen-bond acceptors (Lipinski definition) is 5. The van der Waals surface area contributed by atoms with Crippen LogP contribution >= 0.6 is 0 Å². The molecule has 0 bridgehead atoms. The number of aromatic nitrogens is 4. The van der Waals surface area contributed by atoms with Gasteiger partial charge in [0.05, 0.1) is 11.6 Å². The van der Waals surface area contributed by atoms with Gasteiger partial charge in [-0.2, -0.15) is 15.1 Å². The smallest absolute Gasteiger partial charge is 0.226 e. The molecule has 1 fully saturated rings. The summed E-state index contributed by atoms with van der Waals surface area (Å²) in [6.45, 7) is 0.963. The van der Waals surface area contributed by atoms with E-state index in [0.29, 0.717) is 5.95 Å². The molecule has 0 saturated heterocycles. The minimum Gasteiger partial charge on any atom is -0.369 e. The molecule has 1 aliphatic rings. The van der Waals surface area contributed by atoms with Gasteiger partial charge in [0.25, 0.3) is 0 Å². The Morgan fingerprint density at radius 3 is 3.06 bits per heavy atom. The molecule has 0 radical (unpaired) electrons. The quantitative estimate of drug-likeness (QED) is 0.730. The molecule has 1 saturated carbocycles. The van der Waals surface area contributed by atoms with Crippen LogP contribution in [0.4, 0.5) is 11.8 Å². The van der Waals surface area contributed by atoms with Crippen LogP contribution in [0.5, 0.6) is 0 Å². The van der Waals surface area contributed by atoms with Crippen LogP contribution in [-0.2, 0) is 0 Å². The molecule has 2 aromatic rings. The number of H-pyrrole nitrogens is 1. The van der Waals surface area contributed by atoms with E-state index in [4.69, 9.17) is 0 Å². The van der Waals surface area contributed by atoms with E-state index in [1.54, 1.807) is 6.20 Å². The van der Waals surface area contributed by atoms with Crippen molar-refractivity contribution in [1.29, 1.82) is 0 Å². The van der Waals surface area contributed by atoms with Crippen molar-refractivity contribution in [3.05, 3.63) is 6.20 Å². The molecule has 3 N–H and O–H groups in total. The summed E-state index contributed by atoms with van der Waals surface area (Å²) in [5.74, 6) is 2.39. The monoisotopic (exact) mass is 232 g/mol. The molecule has 1 aliphatic carbocycles. The van der Waals surface area contributed by atoms with Crippen LogP contribution in [0.25, 0.3) is 11.0 Å². The summed E-state index contributed by atoms with van der Waals surface area (Å²) in [6.07, 6.45) is 5.75. The second-order valence-electron chi connectivity index (χ2n) is 4.44. The van der Waals surface area contributed by atoms with Gasteiger partial charge < -0.3 is 10.6 Å². The van der Waals surface area contributed by atoms with Crippen LogP contribution in [0.15, 0.2) is 6.20 Å². The highest BCUT2D eigenvalue weighted by Crippen LogP contribution is 2.32. The summed E-state index contributed by atoms with van der Waals surface area (Å²) in [6, 6.07) is 0. The molecular formula is C11H16N6. The molecule has 0 aromatic carbocycles. The Kier molecular flexibility index (Phi) is 2.55. The Balaban J connectivity index is 1.81. The highest BCUT2D eigenvalue weighted by molar-refractivity contribution is 5.86. The van der Waals surface area contributed by atoms with Crippen LogP contribution in [-0.4, -0.2) is 33.8 Å². The van der Waals surface area contributed by atoms with E-state index in [9.17, 15) is 0 Å². The molecule has 90 valence electrons. The molecule has 2 heterocycles. The third kappa shape index (κ3) is 2.15. The van der Waals surface area contributed by atoms with Crippen LogP contribution in [0.2, 0.25) is 0 Å². The van der Waals surface area contributed by atoms with E-state index in [0.717, 1.165) is 29.3 Å². The number of aromatic amines is 1. The number of hydrogen-bond donors (Lipinski definition) is 3. The zero-order valence-electron chi connectivity index (χ0n) is 9.82. The lowest BCUT2D eigenvalue weighted by atomic mass is 10.3. The fraction of sp³-hybridized carbons (Fsp3) is 0.545. The largest absolute Gasteiger partial charge is 0.369 e. The second-order valence-corrected chi connectivity index (χ2v) is 4.44. The number of fused-ring (bicyclic) bond motifs is 1. The topological polar surface area (TPSA) is 78.5 Å².